The van der Waals surface area contributed by atoms with E-state index in [-0.39, 0.29) is 15.7 Å². The summed E-state index contributed by atoms with van der Waals surface area (Å²) >= 11 is 0.762. The van der Waals surface area contributed by atoms with Crippen molar-refractivity contribution in [1.29, 1.82) is 0 Å². The summed E-state index contributed by atoms with van der Waals surface area (Å²) in [6.07, 6.45) is 1.67. The quantitative estimate of drug-likeness (QED) is 0.625. The number of nitro groups is 1. The lowest BCUT2D eigenvalue weighted by atomic mass is 10.2. The van der Waals surface area contributed by atoms with Gasteiger partial charge >= 0.3 is 5.00 Å². The SMILES string of the molecule is CCCc1cc(NS(=O)(=O)c2csc([N+](=O)[O-])c2)n[nH]1. The molecule has 10 heteroatoms. The number of rotatable bonds is 6. The lowest BCUT2D eigenvalue weighted by molar-refractivity contribution is -0.380. The molecular weight excluding hydrogens is 304 g/mol. The smallest absolute Gasteiger partial charge is 0.280 e. The van der Waals surface area contributed by atoms with Crippen LogP contribution in [0.2, 0.25) is 0 Å². The van der Waals surface area contributed by atoms with Gasteiger partial charge in [-0.2, -0.15) is 5.10 Å². The molecule has 0 unspecified atom stereocenters. The number of nitrogens with zero attached hydrogens (tertiary/aromatic N) is 2. The van der Waals surface area contributed by atoms with Crippen LogP contribution in [0.4, 0.5) is 10.8 Å². The molecule has 0 aliphatic heterocycles. The van der Waals surface area contributed by atoms with E-state index in [1.807, 2.05) is 6.92 Å². The van der Waals surface area contributed by atoms with Crippen LogP contribution in [0.5, 0.6) is 0 Å². The van der Waals surface area contributed by atoms with Gasteiger partial charge in [-0.15, -0.1) is 0 Å². The van der Waals surface area contributed by atoms with Gasteiger partial charge in [-0.1, -0.05) is 24.7 Å². The number of hydrogen-bond acceptors (Lipinski definition) is 6. The molecule has 0 saturated carbocycles. The average molecular weight is 316 g/mol. The van der Waals surface area contributed by atoms with Crippen LogP contribution in [-0.4, -0.2) is 23.5 Å². The Labute approximate surface area is 119 Å². The molecule has 2 rings (SSSR count). The van der Waals surface area contributed by atoms with Gasteiger partial charge in [0, 0.05) is 23.2 Å². The first-order valence-electron chi connectivity index (χ1n) is 5.72. The first kappa shape index (κ1) is 14.5. The van der Waals surface area contributed by atoms with E-state index in [2.05, 4.69) is 14.9 Å². The van der Waals surface area contributed by atoms with Gasteiger partial charge in [-0.25, -0.2) is 8.42 Å². The maximum absolute atomic E-state index is 12.0. The zero-order chi connectivity index (χ0) is 14.8. The summed E-state index contributed by atoms with van der Waals surface area (Å²) in [5.74, 6) is 0.169. The van der Waals surface area contributed by atoms with E-state index in [0.29, 0.717) is 0 Å². The van der Waals surface area contributed by atoms with Crippen molar-refractivity contribution >= 4 is 32.2 Å². The predicted molar refractivity (Wildman–Crippen MR) is 74.4 cm³/mol. The molecular formula is C10H12N4O4S2. The lowest BCUT2D eigenvalue weighted by Gasteiger charge is -2.01. The standard InChI is InChI=1S/C10H12N4O4S2/c1-2-3-7-4-9(12-11-7)13-20(17,18)8-5-10(14(15)16)19-6-8/h4-6H,2-3H2,1H3,(H2,11,12,13). The monoisotopic (exact) mass is 316 g/mol. The Morgan fingerprint density at radius 1 is 1.50 bits per heavy atom. The third-order valence-corrected chi connectivity index (χ3v) is 4.80. The van der Waals surface area contributed by atoms with Crippen LogP contribution in [0.3, 0.4) is 0 Å². The molecule has 2 N–H and O–H groups in total. The number of anilines is 1. The minimum Gasteiger partial charge on any atom is -0.280 e. The van der Waals surface area contributed by atoms with Gasteiger partial charge in [0.25, 0.3) is 10.0 Å². The van der Waals surface area contributed by atoms with Crippen molar-refractivity contribution in [3.05, 3.63) is 33.3 Å². The predicted octanol–water partition coefficient (Wildman–Crippen LogP) is 2.13. The van der Waals surface area contributed by atoms with E-state index in [4.69, 9.17) is 0 Å². The number of nitrogens with one attached hydrogen (secondary N) is 2. The number of sulfonamides is 1. The molecule has 2 heterocycles. The maximum Gasteiger partial charge on any atom is 0.325 e. The highest BCUT2D eigenvalue weighted by Crippen LogP contribution is 2.27. The molecule has 0 aliphatic rings. The van der Waals surface area contributed by atoms with Crippen LogP contribution in [-0.2, 0) is 16.4 Å². The van der Waals surface area contributed by atoms with Crippen molar-refractivity contribution < 1.29 is 13.3 Å². The molecule has 0 saturated heterocycles. The Bertz CT molecular complexity index is 719. The number of thiophene rings is 1. The second-order valence-corrected chi connectivity index (χ2v) is 6.58. The molecule has 0 bridgehead atoms. The van der Waals surface area contributed by atoms with Gasteiger partial charge < -0.3 is 0 Å². The molecule has 0 radical (unpaired) electrons. The Hall–Kier alpha value is -1.94. The third kappa shape index (κ3) is 3.14. The summed E-state index contributed by atoms with van der Waals surface area (Å²) in [5.41, 5.74) is 0.821. The van der Waals surface area contributed by atoms with Crippen LogP contribution in [0.15, 0.2) is 22.4 Å². The molecule has 2 aromatic rings. The Balaban J connectivity index is 2.19. The largest absolute Gasteiger partial charge is 0.325 e. The molecule has 0 spiro atoms. The van der Waals surface area contributed by atoms with Crippen LogP contribution < -0.4 is 4.72 Å². The van der Waals surface area contributed by atoms with Crippen molar-refractivity contribution in [2.24, 2.45) is 0 Å². The van der Waals surface area contributed by atoms with E-state index in [0.717, 1.165) is 35.9 Å². The van der Waals surface area contributed by atoms with Crippen molar-refractivity contribution in [1.82, 2.24) is 10.2 Å². The summed E-state index contributed by atoms with van der Waals surface area (Å²) in [6, 6.07) is 2.62. The molecule has 20 heavy (non-hydrogen) atoms. The average Bonchev–Trinajstić information content (AvgIpc) is 2.98. The van der Waals surface area contributed by atoms with Gasteiger partial charge in [0.05, 0.1) is 4.92 Å². The summed E-state index contributed by atoms with van der Waals surface area (Å²) in [6.45, 7) is 2.00. The van der Waals surface area contributed by atoms with E-state index in [1.54, 1.807) is 6.07 Å². The van der Waals surface area contributed by atoms with Gasteiger partial charge in [0.15, 0.2) is 5.82 Å². The van der Waals surface area contributed by atoms with Crippen molar-refractivity contribution in [3.63, 3.8) is 0 Å². The van der Waals surface area contributed by atoms with E-state index >= 15 is 0 Å². The summed E-state index contributed by atoms with van der Waals surface area (Å²) in [4.78, 5) is 9.79. The van der Waals surface area contributed by atoms with E-state index in [9.17, 15) is 18.5 Å². The highest BCUT2D eigenvalue weighted by molar-refractivity contribution is 7.92. The zero-order valence-corrected chi connectivity index (χ0v) is 12.1. The fraction of sp³-hybridized carbons (Fsp3) is 0.300. The minimum absolute atomic E-state index is 0.144. The Morgan fingerprint density at radius 3 is 2.85 bits per heavy atom. The fourth-order valence-corrected chi connectivity index (χ4v) is 3.63. The fourth-order valence-electron chi connectivity index (χ4n) is 1.55. The maximum atomic E-state index is 12.0. The molecule has 0 fully saturated rings. The highest BCUT2D eigenvalue weighted by Gasteiger charge is 2.21. The number of hydrogen-bond donors (Lipinski definition) is 2. The van der Waals surface area contributed by atoms with Gasteiger partial charge in [0.1, 0.15) is 4.90 Å². The topological polar surface area (TPSA) is 118 Å². The first-order valence-corrected chi connectivity index (χ1v) is 8.08. The summed E-state index contributed by atoms with van der Waals surface area (Å²) < 4.78 is 26.3. The molecule has 0 amide bonds. The van der Waals surface area contributed by atoms with Gasteiger partial charge in [-0.3, -0.25) is 19.9 Å². The zero-order valence-electron chi connectivity index (χ0n) is 10.5. The third-order valence-electron chi connectivity index (χ3n) is 2.44. The number of aromatic amines is 1. The molecule has 0 aromatic carbocycles. The molecule has 8 nitrogen and oxygen atoms in total. The Morgan fingerprint density at radius 2 is 2.25 bits per heavy atom. The van der Waals surface area contributed by atoms with Crippen molar-refractivity contribution in [3.8, 4) is 0 Å². The van der Waals surface area contributed by atoms with Crippen LogP contribution in [0, 0.1) is 10.1 Å². The number of aromatic nitrogens is 2. The molecule has 0 aliphatic carbocycles. The number of H-pyrrole nitrogens is 1. The van der Waals surface area contributed by atoms with Crippen LogP contribution >= 0.6 is 11.3 Å². The highest BCUT2D eigenvalue weighted by atomic mass is 32.2. The van der Waals surface area contributed by atoms with Crippen LogP contribution in [0.1, 0.15) is 19.0 Å². The molecule has 108 valence electrons. The summed E-state index contributed by atoms with van der Waals surface area (Å²) in [5, 5.41) is 18.1. The molecule has 2 aromatic heterocycles. The van der Waals surface area contributed by atoms with Crippen LogP contribution in [0.25, 0.3) is 0 Å². The minimum atomic E-state index is -3.85. The van der Waals surface area contributed by atoms with Gasteiger partial charge in [0.2, 0.25) is 0 Å². The second kappa shape index (κ2) is 5.59. The van der Waals surface area contributed by atoms with Gasteiger partial charge in [-0.05, 0) is 6.42 Å². The lowest BCUT2D eigenvalue weighted by Crippen LogP contribution is -2.12. The Kier molecular flexibility index (Phi) is 4.04. The second-order valence-electron chi connectivity index (χ2n) is 4.01. The van der Waals surface area contributed by atoms with E-state index in [1.165, 1.54) is 5.38 Å². The molecule has 0 atom stereocenters. The van der Waals surface area contributed by atoms with Crippen molar-refractivity contribution in [2.45, 2.75) is 24.7 Å². The van der Waals surface area contributed by atoms with E-state index < -0.39 is 14.9 Å². The first-order chi connectivity index (χ1) is 9.42. The summed E-state index contributed by atoms with van der Waals surface area (Å²) in [7, 11) is -3.85. The number of aryl methyl sites for hydroxylation is 1. The van der Waals surface area contributed by atoms with Crippen molar-refractivity contribution in [2.75, 3.05) is 4.72 Å². The normalized spacial score (nSPS) is 11.4.